The van der Waals surface area contributed by atoms with E-state index in [-0.39, 0.29) is 6.61 Å². The first-order valence-electron chi connectivity index (χ1n) is 5.64. The van der Waals surface area contributed by atoms with Gasteiger partial charge in [0.1, 0.15) is 0 Å². The molecule has 0 aromatic heterocycles. The molecule has 0 saturated carbocycles. The molecule has 96 valence electrons. The lowest BCUT2D eigenvalue weighted by molar-refractivity contribution is -0.147. The Bertz CT molecular complexity index is 285. The van der Waals surface area contributed by atoms with Crippen LogP contribution in [0, 0.1) is 5.92 Å². The average molecular weight is 242 g/mol. The SMILES string of the molecule is O=C(O)C1CCC=CO1.OCC1CC=COC1. The van der Waals surface area contributed by atoms with Gasteiger partial charge in [-0.15, -0.1) is 0 Å². The lowest BCUT2D eigenvalue weighted by Gasteiger charge is -2.14. The monoisotopic (exact) mass is 242 g/mol. The Kier molecular flexibility index (Phi) is 6.17. The summed E-state index contributed by atoms with van der Waals surface area (Å²) in [6, 6.07) is 0. The fourth-order valence-electron chi connectivity index (χ4n) is 1.42. The molecule has 0 aromatic rings. The van der Waals surface area contributed by atoms with Gasteiger partial charge in [-0.2, -0.15) is 0 Å². The summed E-state index contributed by atoms with van der Waals surface area (Å²) in [5.74, 6) is -0.542. The van der Waals surface area contributed by atoms with Crippen molar-refractivity contribution in [1.82, 2.24) is 0 Å². The topological polar surface area (TPSA) is 76.0 Å². The molecule has 0 aromatic carbocycles. The second-order valence-corrected chi connectivity index (χ2v) is 3.90. The van der Waals surface area contributed by atoms with Crippen LogP contribution in [0.15, 0.2) is 24.7 Å². The number of hydrogen-bond acceptors (Lipinski definition) is 4. The van der Waals surface area contributed by atoms with Gasteiger partial charge in [0, 0.05) is 12.5 Å². The number of carbonyl (C=O) groups is 1. The van der Waals surface area contributed by atoms with Crippen LogP contribution in [0.25, 0.3) is 0 Å². The molecule has 5 nitrogen and oxygen atoms in total. The molecule has 5 heteroatoms. The van der Waals surface area contributed by atoms with Crippen molar-refractivity contribution in [2.24, 2.45) is 5.92 Å². The number of carboxylic acids is 1. The van der Waals surface area contributed by atoms with E-state index in [0.29, 0.717) is 18.9 Å². The molecule has 0 saturated heterocycles. The van der Waals surface area contributed by atoms with Crippen molar-refractivity contribution >= 4 is 5.97 Å². The second kappa shape index (κ2) is 7.73. The van der Waals surface area contributed by atoms with Crippen molar-refractivity contribution in [3.8, 4) is 0 Å². The van der Waals surface area contributed by atoms with Crippen LogP contribution < -0.4 is 0 Å². The quantitative estimate of drug-likeness (QED) is 0.763. The largest absolute Gasteiger partial charge is 0.501 e. The van der Waals surface area contributed by atoms with Crippen LogP contribution >= 0.6 is 0 Å². The summed E-state index contributed by atoms with van der Waals surface area (Å²) in [6.07, 6.45) is 8.62. The number of rotatable bonds is 2. The average Bonchev–Trinajstić information content (AvgIpc) is 2.41. The summed E-state index contributed by atoms with van der Waals surface area (Å²) in [5.41, 5.74) is 0. The maximum absolute atomic E-state index is 10.2. The Labute approximate surface area is 100 Å². The van der Waals surface area contributed by atoms with Crippen molar-refractivity contribution in [3.05, 3.63) is 24.7 Å². The molecule has 0 radical (unpaired) electrons. The number of aliphatic hydroxyl groups excluding tert-OH is 1. The van der Waals surface area contributed by atoms with Gasteiger partial charge in [0.05, 0.1) is 19.1 Å². The molecule has 2 unspecified atom stereocenters. The Morgan fingerprint density at radius 3 is 2.53 bits per heavy atom. The van der Waals surface area contributed by atoms with Gasteiger partial charge in [-0.25, -0.2) is 4.79 Å². The number of allylic oxidation sites excluding steroid dienone is 2. The van der Waals surface area contributed by atoms with Gasteiger partial charge in [-0.1, -0.05) is 0 Å². The molecule has 0 aliphatic carbocycles. The second-order valence-electron chi connectivity index (χ2n) is 3.90. The van der Waals surface area contributed by atoms with Crippen molar-refractivity contribution in [2.45, 2.75) is 25.4 Å². The normalized spacial score (nSPS) is 26.2. The summed E-state index contributed by atoms with van der Waals surface area (Å²) in [5, 5.41) is 17.0. The molecular weight excluding hydrogens is 224 g/mol. The molecule has 0 spiro atoms. The van der Waals surface area contributed by atoms with E-state index < -0.39 is 12.1 Å². The fourth-order valence-corrected chi connectivity index (χ4v) is 1.42. The highest BCUT2D eigenvalue weighted by Gasteiger charge is 2.18. The van der Waals surface area contributed by atoms with Crippen molar-refractivity contribution < 1.29 is 24.5 Å². The molecule has 2 atom stereocenters. The molecular formula is C12H18O5. The predicted octanol–water partition coefficient (Wildman–Crippen LogP) is 1.29. The zero-order valence-corrected chi connectivity index (χ0v) is 9.62. The first kappa shape index (κ1) is 13.6. The standard InChI is InChI=1S/C6H8O3.C6H10O2/c7-6(8)5-3-1-2-4-9-5;7-4-6-2-1-3-8-5-6/h2,4-5H,1,3H2,(H,7,8);1,3,6-7H,2,4-5H2. The zero-order chi connectivity index (χ0) is 12.5. The van der Waals surface area contributed by atoms with E-state index in [1.807, 2.05) is 12.2 Å². The van der Waals surface area contributed by atoms with E-state index in [4.69, 9.17) is 19.7 Å². The van der Waals surface area contributed by atoms with E-state index in [0.717, 1.165) is 12.8 Å². The Hall–Kier alpha value is -1.49. The van der Waals surface area contributed by atoms with Crippen LogP contribution in [0.3, 0.4) is 0 Å². The van der Waals surface area contributed by atoms with Gasteiger partial charge in [0.15, 0.2) is 6.10 Å². The van der Waals surface area contributed by atoms with Crippen molar-refractivity contribution in [1.29, 1.82) is 0 Å². The first-order valence-corrected chi connectivity index (χ1v) is 5.64. The lowest BCUT2D eigenvalue weighted by Crippen LogP contribution is -2.23. The minimum absolute atomic E-state index is 0.240. The third-order valence-corrected chi connectivity index (χ3v) is 2.46. The van der Waals surface area contributed by atoms with Crippen molar-refractivity contribution in [2.75, 3.05) is 13.2 Å². The molecule has 2 aliphatic heterocycles. The van der Waals surface area contributed by atoms with Gasteiger partial charge >= 0.3 is 5.97 Å². The van der Waals surface area contributed by atoms with Crippen LogP contribution in [0.4, 0.5) is 0 Å². The molecule has 0 fully saturated rings. The Balaban J connectivity index is 0.000000171. The van der Waals surface area contributed by atoms with Crippen LogP contribution in [0.2, 0.25) is 0 Å². The van der Waals surface area contributed by atoms with E-state index in [1.165, 1.54) is 6.26 Å². The van der Waals surface area contributed by atoms with E-state index >= 15 is 0 Å². The summed E-state index contributed by atoms with van der Waals surface area (Å²) in [7, 11) is 0. The lowest BCUT2D eigenvalue weighted by atomic mass is 10.1. The molecule has 2 rings (SSSR count). The number of hydrogen-bond donors (Lipinski definition) is 2. The van der Waals surface area contributed by atoms with Crippen LogP contribution in [0.1, 0.15) is 19.3 Å². The minimum Gasteiger partial charge on any atom is -0.501 e. The van der Waals surface area contributed by atoms with Gasteiger partial charge in [0.2, 0.25) is 0 Å². The summed E-state index contributed by atoms with van der Waals surface area (Å²) >= 11 is 0. The fraction of sp³-hybridized carbons (Fsp3) is 0.583. The number of ether oxygens (including phenoxy) is 2. The third-order valence-electron chi connectivity index (χ3n) is 2.46. The Morgan fingerprint density at radius 1 is 1.35 bits per heavy atom. The molecule has 17 heavy (non-hydrogen) atoms. The molecule has 0 bridgehead atoms. The van der Waals surface area contributed by atoms with Crippen LogP contribution in [0.5, 0.6) is 0 Å². The number of aliphatic carboxylic acids is 1. The highest BCUT2D eigenvalue weighted by Crippen LogP contribution is 2.09. The van der Waals surface area contributed by atoms with Gasteiger partial charge in [-0.05, 0) is 31.4 Å². The number of aliphatic hydroxyl groups is 1. The first-order chi connectivity index (χ1) is 8.24. The molecule has 0 amide bonds. The van der Waals surface area contributed by atoms with E-state index in [1.54, 1.807) is 6.26 Å². The predicted molar refractivity (Wildman–Crippen MR) is 61.2 cm³/mol. The molecule has 2 N–H and O–H groups in total. The minimum atomic E-state index is -0.876. The van der Waals surface area contributed by atoms with Crippen LogP contribution in [-0.4, -0.2) is 35.5 Å². The molecule has 2 heterocycles. The van der Waals surface area contributed by atoms with Crippen LogP contribution in [-0.2, 0) is 14.3 Å². The third kappa shape index (κ3) is 5.40. The van der Waals surface area contributed by atoms with Gasteiger partial charge in [-0.3, -0.25) is 0 Å². The Morgan fingerprint density at radius 2 is 2.18 bits per heavy atom. The van der Waals surface area contributed by atoms with E-state index in [2.05, 4.69) is 0 Å². The smallest absolute Gasteiger partial charge is 0.344 e. The van der Waals surface area contributed by atoms with E-state index in [9.17, 15) is 4.79 Å². The summed E-state index contributed by atoms with van der Waals surface area (Å²) in [6.45, 7) is 0.914. The van der Waals surface area contributed by atoms with Gasteiger partial charge in [0.25, 0.3) is 0 Å². The summed E-state index contributed by atoms with van der Waals surface area (Å²) in [4.78, 5) is 10.2. The maximum Gasteiger partial charge on any atom is 0.344 e. The van der Waals surface area contributed by atoms with Crippen molar-refractivity contribution in [3.63, 3.8) is 0 Å². The van der Waals surface area contributed by atoms with Gasteiger partial charge < -0.3 is 19.7 Å². The summed E-state index contributed by atoms with van der Waals surface area (Å²) < 4.78 is 9.69. The number of carboxylic acid groups (broad SMARTS) is 1. The maximum atomic E-state index is 10.2. The highest BCUT2D eigenvalue weighted by molar-refractivity contribution is 5.72. The zero-order valence-electron chi connectivity index (χ0n) is 9.62. The molecule has 2 aliphatic rings. The highest BCUT2D eigenvalue weighted by atomic mass is 16.5.